The van der Waals surface area contributed by atoms with E-state index in [9.17, 15) is 8.42 Å². The Morgan fingerprint density at radius 2 is 1.76 bits per heavy atom. The predicted molar refractivity (Wildman–Crippen MR) is 83.4 cm³/mol. The van der Waals surface area contributed by atoms with Crippen LogP contribution in [-0.4, -0.2) is 13.4 Å². The number of benzene rings is 2. The Balaban J connectivity index is 1.95. The van der Waals surface area contributed by atoms with Crippen LogP contribution >= 0.6 is 0 Å². The minimum absolute atomic E-state index is 0.169. The molecule has 0 saturated heterocycles. The summed E-state index contributed by atoms with van der Waals surface area (Å²) in [6, 6.07) is 14.9. The van der Waals surface area contributed by atoms with Gasteiger partial charge in [0.25, 0.3) is 10.0 Å². The number of fused-ring (bicyclic) bond motifs is 1. The molecule has 3 N–H and O–H groups in total. The molecular weight excluding hydrogens is 286 g/mol. The summed E-state index contributed by atoms with van der Waals surface area (Å²) in [5.74, 6) is 0. The number of nitrogen functional groups attached to an aromatic ring is 1. The Labute approximate surface area is 122 Å². The number of nitrogens with two attached hydrogens (primary N) is 1. The summed E-state index contributed by atoms with van der Waals surface area (Å²) in [5, 5.41) is 0.870. The van der Waals surface area contributed by atoms with E-state index in [1.165, 1.54) is 12.1 Å². The predicted octanol–water partition coefficient (Wildman–Crippen LogP) is 2.62. The van der Waals surface area contributed by atoms with Gasteiger partial charge in [0.15, 0.2) is 0 Å². The van der Waals surface area contributed by atoms with Gasteiger partial charge in [-0.25, -0.2) is 8.42 Å². The molecule has 106 valence electrons. The molecule has 0 radical (unpaired) electrons. The summed E-state index contributed by atoms with van der Waals surface area (Å²) < 4.78 is 27.1. The van der Waals surface area contributed by atoms with Crippen molar-refractivity contribution in [3.63, 3.8) is 0 Å². The minimum atomic E-state index is -3.62. The average Bonchev–Trinajstić information content (AvgIpc) is 2.47. The molecule has 6 heteroatoms. The molecule has 0 fully saturated rings. The average molecular weight is 299 g/mol. The van der Waals surface area contributed by atoms with Crippen LogP contribution in [0.25, 0.3) is 10.9 Å². The number of anilines is 2. The fraction of sp³-hybridized carbons (Fsp3) is 0. The van der Waals surface area contributed by atoms with Crippen molar-refractivity contribution in [2.75, 3.05) is 10.5 Å². The van der Waals surface area contributed by atoms with Gasteiger partial charge in [-0.2, -0.15) is 0 Å². The molecule has 0 aliphatic carbocycles. The highest BCUT2D eigenvalue weighted by Gasteiger charge is 2.13. The van der Waals surface area contributed by atoms with Gasteiger partial charge in [0.1, 0.15) is 0 Å². The first-order chi connectivity index (χ1) is 10.0. The standard InChI is InChI=1S/C15H13N3O2S/c16-12-3-6-14(7-4-12)21(19,20)18-13-5-8-15-11(10-13)2-1-9-17-15/h1-10,18H,16H2. The molecule has 5 nitrogen and oxygen atoms in total. The third-order valence-corrected chi connectivity index (χ3v) is 4.44. The summed E-state index contributed by atoms with van der Waals surface area (Å²) in [5.41, 5.74) is 7.39. The SMILES string of the molecule is Nc1ccc(S(=O)(=O)Nc2ccc3ncccc3c2)cc1. The van der Waals surface area contributed by atoms with Crippen LogP contribution in [0.1, 0.15) is 0 Å². The van der Waals surface area contributed by atoms with E-state index in [0.717, 1.165) is 10.9 Å². The molecule has 3 aromatic rings. The zero-order valence-corrected chi connectivity index (χ0v) is 11.8. The van der Waals surface area contributed by atoms with Crippen molar-refractivity contribution >= 4 is 32.3 Å². The monoisotopic (exact) mass is 299 g/mol. The Morgan fingerprint density at radius 3 is 2.52 bits per heavy atom. The van der Waals surface area contributed by atoms with Crippen molar-refractivity contribution in [1.82, 2.24) is 4.98 Å². The first-order valence-corrected chi connectivity index (χ1v) is 7.76. The third kappa shape index (κ3) is 2.80. The summed E-state index contributed by atoms with van der Waals surface area (Å²) >= 11 is 0. The molecule has 21 heavy (non-hydrogen) atoms. The van der Waals surface area contributed by atoms with Crippen molar-refractivity contribution in [3.05, 3.63) is 60.8 Å². The lowest BCUT2D eigenvalue weighted by Gasteiger charge is -2.09. The molecule has 0 unspecified atom stereocenters. The Hall–Kier alpha value is -2.60. The van der Waals surface area contributed by atoms with Crippen molar-refractivity contribution in [2.45, 2.75) is 4.90 Å². The number of rotatable bonds is 3. The molecule has 0 saturated carbocycles. The largest absolute Gasteiger partial charge is 0.399 e. The maximum Gasteiger partial charge on any atom is 0.261 e. The first-order valence-electron chi connectivity index (χ1n) is 6.28. The quantitative estimate of drug-likeness (QED) is 0.728. The summed E-state index contributed by atoms with van der Waals surface area (Å²) in [7, 11) is -3.62. The van der Waals surface area contributed by atoms with Gasteiger partial charge in [-0.3, -0.25) is 9.71 Å². The molecule has 0 spiro atoms. The number of aromatic nitrogens is 1. The van der Waals surface area contributed by atoms with Crippen LogP contribution in [0.3, 0.4) is 0 Å². The van der Waals surface area contributed by atoms with Gasteiger partial charge < -0.3 is 5.73 Å². The van der Waals surface area contributed by atoms with E-state index in [2.05, 4.69) is 9.71 Å². The number of nitrogens with zero attached hydrogens (tertiary/aromatic N) is 1. The van der Waals surface area contributed by atoms with E-state index >= 15 is 0 Å². The van der Waals surface area contributed by atoms with Crippen molar-refractivity contribution in [1.29, 1.82) is 0 Å². The maximum absolute atomic E-state index is 12.3. The second-order valence-corrected chi connectivity index (χ2v) is 6.27. The summed E-state index contributed by atoms with van der Waals surface area (Å²) in [6.07, 6.45) is 1.69. The molecule has 0 aliphatic rings. The number of hydrogen-bond donors (Lipinski definition) is 2. The summed E-state index contributed by atoms with van der Waals surface area (Å²) in [6.45, 7) is 0. The smallest absolute Gasteiger partial charge is 0.261 e. The highest BCUT2D eigenvalue weighted by Crippen LogP contribution is 2.21. The number of pyridine rings is 1. The zero-order valence-electron chi connectivity index (χ0n) is 11.0. The van der Waals surface area contributed by atoms with Gasteiger partial charge in [0.05, 0.1) is 10.4 Å². The molecule has 3 rings (SSSR count). The Bertz CT molecular complexity index is 890. The second-order valence-electron chi connectivity index (χ2n) is 4.59. The van der Waals surface area contributed by atoms with E-state index in [0.29, 0.717) is 11.4 Å². The molecule has 0 atom stereocenters. The molecule has 2 aromatic carbocycles. The van der Waals surface area contributed by atoms with E-state index in [4.69, 9.17) is 5.73 Å². The van der Waals surface area contributed by atoms with Crippen LogP contribution < -0.4 is 10.5 Å². The van der Waals surface area contributed by atoms with Gasteiger partial charge in [-0.1, -0.05) is 6.07 Å². The highest BCUT2D eigenvalue weighted by atomic mass is 32.2. The van der Waals surface area contributed by atoms with Gasteiger partial charge >= 0.3 is 0 Å². The van der Waals surface area contributed by atoms with E-state index in [-0.39, 0.29) is 4.90 Å². The highest BCUT2D eigenvalue weighted by molar-refractivity contribution is 7.92. The Morgan fingerprint density at radius 1 is 1.00 bits per heavy atom. The molecule has 0 bridgehead atoms. The maximum atomic E-state index is 12.3. The Kier molecular flexibility index (Phi) is 3.23. The number of hydrogen-bond acceptors (Lipinski definition) is 4. The molecular formula is C15H13N3O2S. The second kappa shape index (κ2) is 5.06. The zero-order chi connectivity index (χ0) is 14.9. The van der Waals surface area contributed by atoms with Crippen LogP contribution in [-0.2, 0) is 10.0 Å². The topological polar surface area (TPSA) is 85.1 Å². The van der Waals surface area contributed by atoms with Crippen LogP contribution in [0, 0.1) is 0 Å². The van der Waals surface area contributed by atoms with E-state index in [1.807, 2.05) is 6.07 Å². The van der Waals surface area contributed by atoms with E-state index < -0.39 is 10.0 Å². The molecule has 1 aromatic heterocycles. The van der Waals surface area contributed by atoms with Crippen LogP contribution in [0.15, 0.2) is 65.7 Å². The van der Waals surface area contributed by atoms with Crippen molar-refractivity contribution < 1.29 is 8.42 Å². The molecule has 1 heterocycles. The number of sulfonamides is 1. The van der Waals surface area contributed by atoms with Gasteiger partial charge in [-0.05, 0) is 48.5 Å². The van der Waals surface area contributed by atoms with E-state index in [1.54, 1.807) is 42.6 Å². The lowest BCUT2D eigenvalue weighted by Crippen LogP contribution is -2.12. The van der Waals surface area contributed by atoms with Gasteiger partial charge in [0, 0.05) is 23.0 Å². The number of nitrogens with one attached hydrogen (secondary N) is 1. The lowest BCUT2D eigenvalue weighted by atomic mass is 10.2. The van der Waals surface area contributed by atoms with Crippen LogP contribution in [0.2, 0.25) is 0 Å². The van der Waals surface area contributed by atoms with Crippen LogP contribution in [0.5, 0.6) is 0 Å². The van der Waals surface area contributed by atoms with Gasteiger partial charge in [0.2, 0.25) is 0 Å². The minimum Gasteiger partial charge on any atom is -0.399 e. The van der Waals surface area contributed by atoms with Gasteiger partial charge in [-0.15, -0.1) is 0 Å². The normalized spacial score (nSPS) is 11.4. The molecule has 0 aliphatic heterocycles. The lowest BCUT2D eigenvalue weighted by molar-refractivity contribution is 0.601. The third-order valence-electron chi connectivity index (χ3n) is 3.05. The summed E-state index contributed by atoms with van der Waals surface area (Å²) in [4.78, 5) is 4.36. The first kappa shape index (κ1) is 13.4. The van der Waals surface area contributed by atoms with Crippen molar-refractivity contribution in [2.24, 2.45) is 0 Å². The fourth-order valence-corrected chi connectivity index (χ4v) is 3.05. The van der Waals surface area contributed by atoms with Crippen molar-refractivity contribution in [3.8, 4) is 0 Å². The molecule has 0 amide bonds. The fourth-order valence-electron chi connectivity index (χ4n) is 2.00. The van der Waals surface area contributed by atoms with Crippen LogP contribution in [0.4, 0.5) is 11.4 Å².